The Morgan fingerprint density at radius 2 is 1.11 bits per heavy atom. The van der Waals surface area contributed by atoms with Gasteiger partial charge in [0.15, 0.2) is 0 Å². The van der Waals surface area contributed by atoms with Gasteiger partial charge in [-0.1, -0.05) is 44.0 Å². The molecule has 28 heavy (non-hydrogen) atoms. The second kappa shape index (κ2) is 15.6. The summed E-state index contributed by atoms with van der Waals surface area (Å²) in [6, 6.07) is 11.5. The van der Waals surface area contributed by atoms with Crippen LogP contribution >= 0.6 is 95.6 Å². The molecule has 0 aliphatic carbocycles. The van der Waals surface area contributed by atoms with Gasteiger partial charge in [-0.15, -0.1) is 0 Å². The molecule has 0 unspecified atom stereocenters. The number of rotatable bonds is 6. The summed E-state index contributed by atoms with van der Waals surface area (Å²) in [5.41, 5.74) is 0. The first-order valence-corrected chi connectivity index (χ1v) is 12.5. The van der Waals surface area contributed by atoms with Gasteiger partial charge in [0.25, 0.3) is 0 Å². The van der Waals surface area contributed by atoms with Gasteiger partial charge in [-0.3, -0.25) is 0 Å². The highest BCUT2D eigenvalue weighted by Gasteiger charge is 2.02. The van der Waals surface area contributed by atoms with Gasteiger partial charge in [0.05, 0.1) is 6.78 Å². The molecule has 0 fully saturated rings. The molecular weight excluding hydrogens is 752 g/mol. The highest BCUT2D eigenvalue weighted by molar-refractivity contribution is 9.28. The molecule has 10 heteroatoms. The van der Waals surface area contributed by atoms with Gasteiger partial charge in [0, 0.05) is 37.2 Å². The summed E-state index contributed by atoms with van der Waals surface area (Å²) in [6.07, 6.45) is 10.9. The molecule has 0 atom stereocenters. The molecule has 0 radical (unpaired) electrons. The predicted molar refractivity (Wildman–Crippen MR) is 141 cm³/mol. The van der Waals surface area contributed by atoms with Gasteiger partial charge in [-0.05, 0) is 98.0 Å². The van der Waals surface area contributed by atoms with Gasteiger partial charge < -0.3 is 9.80 Å². The van der Waals surface area contributed by atoms with Crippen molar-refractivity contribution < 1.29 is 0 Å². The summed E-state index contributed by atoms with van der Waals surface area (Å²) in [5.74, 6) is 1.69. The average molecular weight is 766 g/mol. The van der Waals surface area contributed by atoms with Crippen LogP contribution in [0.2, 0.25) is 0 Å². The summed E-state index contributed by atoms with van der Waals surface area (Å²) in [4.78, 5) is 15.7. The minimum Gasteiger partial charge on any atom is -0.308 e. The number of hydrogen-bond acceptors (Lipinski definition) is 4. The SMILES string of the molecule is Br/C=C\N(/C=C\Br)c1ccccn1.BrC(Br)=CN(C=C(Br)Br)c1ccccn1. The average Bonchev–Trinajstić information content (AvgIpc) is 2.68. The lowest BCUT2D eigenvalue weighted by Gasteiger charge is -2.14. The second-order valence-corrected chi connectivity index (χ2v) is 11.2. The Morgan fingerprint density at radius 1 is 0.679 bits per heavy atom. The Hall–Kier alpha value is -0.260. The molecule has 0 saturated heterocycles. The zero-order chi connectivity index (χ0) is 20.8. The first-order chi connectivity index (χ1) is 13.5. The molecule has 0 saturated carbocycles. The first-order valence-electron chi connectivity index (χ1n) is 7.46. The van der Waals surface area contributed by atoms with Gasteiger partial charge >= 0.3 is 0 Å². The van der Waals surface area contributed by atoms with E-state index in [1.54, 1.807) is 22.4 Å². The monoisotopic (exact) mass is 760 g/mol. The molecule has 0 bridgehead atoms. The van der Waals surface area contributed by atoms with Gasteiger partial charge in [0.2, 0.25) is 0 Å². The van der Waals surface area contributed by atoms with E-state index in [2.05, 4.69) is 106 Å². The maximum atomic E-state index is 4.24. The van der Waals surface area contributed by atoms with Gasteiger partial charge in [0.1, 0.15) is 11.6 Å². The molecule has 0 aliphatic heterocycles. The van der Waals surface area contributed by atoms with E-state index in [9.17, 15) is 0 Å². The topological polar surface area (TPSA) is 32.3 Å². The maximum absolute atomic E-state index is 4.24. The number of anilines is 2. The van der Waals surface area contributed by atoms with E-state index >= 15 is 0 Å². The Labute approximate surface area is 215 Å². The third-order valence-corrected chi connectivity index (χ3v) is 4.03. The fourth-order valence-corrected chi connectivity index (χ4v) is 3.11. The molecule has 0 spiro atoms. The normalized spacial score (nSPS) is 10.2. The molecular formula is C18H14Br6N4. The summed E-state index contributed by atoms with van der Waals surface area (Å²) >= 11 is 19.7. The quantitative estimate of drug-likeness (QED) is 0.295. The minimum absolute atomic E-state index is 0.824. The third-order valence-electron chi connectivity index (χ3n) is 2.73. The van der Waals surface area contributed by atoms with Gasteiger partial charge in [-0.2, -0.15) is 0 Å². The lowest BCUT2D eigenvalue weighted by atomic mass is 10.4. The summed E-state index contributed by atoms with van der Waals surface area (Å²) < 4.78 is 1.66. The Balaban J connectivity index is 0.000000283. The number of pyridine rings is 2. The zero-order valence-electron chi connectivity index (χ0n) is 14.1. The van der Waals surface area contributed by atoms with E-state index in [1.165, 1.54) is 0 Å². The molecule has 2 rings (SSSR count). The molecule has 2 aromatic heterocycles. The van der Waals surface area contributed by atoms with Crippen LogP contribution in [0.5, 0.6) is 0 Å². The summed E-state index contributed by atoms with van der Waals surface area (Å²) in [7, 11) is 0. The number of aromatic nitrogens is 2. The molecule has 2 aromatic rings. The van der Waals surface area contributed by atoms with Crippen molar-refractivity contribution in [2.45, 2.75) is 0 Å². The lowest BCUT2D eigenvalue weighted by Crippen LogP contribution is -2.08. The first kappa shape index (κ1) is 25.8. The van der Waals surface area contributed by atoms with Crippen molar-refractivity contribution in [2.75, 3.05) is 9.80 Å². The molecule has 0 amide bonds. The van der Waals surface area contributed by atoms with Crippen molar-refractivity contribution >= 4 is 107 Å². The van der Waals surface area contributed by atoms with Crippen LogP contribution in [-0.2, 0) is 0 Å². The van der Waals surface area contributed by atoms with Crippen LogP contribution in [0.1, 0.15) is 0 Å². The van der Waals surface area contributed by atoms with Crippen molar-refractivity contribution in [3.8, 4) is 0 Å². The van der Waals surface area contributed by atoms with E-state index < -0.39 is 0 Å². The fourth-order valence-electron chi connectivity index (χ4n) is 1.72. The molecule has 0 aliphatic rings. The van der Waals surface area contributed by atoms with E-state index in [-0.39, 0.29) is 0 Å². The number of hydrogen-bond donors (Lipinski definition) is 0. The molecule has 2 heterocycles. The van der Waals surface area contributed by atoms with Crippen LogP contribution in [0.4, 0.5) is 11.6 Å². The van der Waals surface area contributed by atoms with Crippen molar-refractivity contribution in [3.63, 3.8) is 0 Å². The van der Waals surface area contributed by atoms with Crippen LogP contribution in [0.15, 0.2) is 90.3 Å². The predicted octanol–water partition coefficient (Wildman–Crippen LogP) is 8.69. The smallest absolute Gasteiger partial charge is 0.136 e. The Bertz CT molecular complexity index is 771. The number of halogens is 6. The van der Waals surface area contributed by atoms with Crippen LogP contribution in [0.25, 0.3) is 0 Å². The van der Waals surface area contributed by atoms with Crippen molar-refractivity contribution in [1.82, 2.24) is 9.97 Å². The summed E-state index contributed by atoms with van der Waals surface area (Å²) in [6.45, 7) is 0. The second-order valence-electron chi connectivity index (χ2n) is 4.58. The molecule has 4 nitrogen and oxygen atoms in total. The fraction of sp³-hybridized carbons (Fsp3) is 0. The third kappa shape index (κ3) is 11.1. The number of nitrogens with zero attached hydrogens (tertiary/aromatic N) is 4. The van der Waals surface area contributed by atoms with Crippen molar-refractivity contribution in [2.24, 2.45) is 0 Å². The molecule has 148 valence electrons. The van der Waals surface area contributed by atoms with Gasteiger partial charge in [-0.25, -0.2) is 9.97 Å². The van der Waals surface area contributed by atoms with Crippen LogP contribution < -0.4 is 9.80 Å². The highest BCUT2D eigenvalue weighted by Crippen LogP contribution is 2.22. The van der Waals surface area contributed by atoms with E-state index in [0.717, 1.165) is 18.4 Å². The standard InChI is InChI=1S/C9H6Br4N2.C9H8Br2N2/c10-7(11)5-15(6-8(12)13)9-3-1-2-4-14-9;10-4-7-13(8-5-11)9-3-1-2-6-12-9/h1-6H;1-8H/b;7-4-,8-5-. The van der Waals surface area contributed by atoms with Crippen molar-refractivity contribution in [1.29, 1.82) is 0 Å². The Morgan fingerprint density at radius 3 is 1.43 bits per heavy atom. The van der Waals surface area contributed by atoms with E-state index in [1.807, 2.05) is 71.0 Å². The van der Waals surface area contributed by atoms with Crippen LogP contribution in [0.3, 0.4) is 0 Å². The largest absolute Gasteiger partial charge is 0.308 e. The highest BCUT2D eigenvalue weighted by atomic mass is 79.9. The van der Waals surface area contributed by atoms with Crippen LogP contribution in [0, 0.1) is 0 Å². The molecule has 0 aromatic carbocycles. The minimum atomic E-state index is 0.824. The van der Waals surface area contributed by atoms with Crippen LogP contribution in [-0.4, -0.2) is 9.97 Å². The summed E-state index contributed by atoms with van der Waals surface area (Å²) in [5, 5.41) is 0. The lowest BCUT2D eigenvalue weighted by molar-refractivity contribution is 1.18. The van der Waals surface area contributed by atoms with E-state index in [4.69, 9.17) is 0 Å². The maximum Gasteiger partial charge on any atom is 0.136 e. The Kier molecular flexibility index (Phi) is 14.3. The zero-order valence-corrected chi connectivity index (χ0v) is 23.7. The van der Waals surface area contributed by atoms with Crippen molar-refractivity contribution in [3.05, 3.63) is 90.3 Å². The van der Waals surface area contributed by atoms with E-state index in [0.29, 0.717) is 0 Å². The molecule has 0 N–H and O–H groups in total.